The molecule has 11 nitrogen and oxygen atoms in total. The van der Waals surface area contributed by atoms with Gasteiger partial charge in [-0.05, 0) is 43.2 Å². The fourth-order valence-corrected chi connectivity index (χ4v) is 4.22. The Morgan fingerprint density at radius 2 is 1.79 bits per heavy atom. The summed E-state index contributed by atoms with van der Waals surface area (Å²) < 4.78 is 82.0. The molecule has 1 aromatic carbocycles. The summed E-state index contributed by atoms with van der Waals surface area (Å²) in [5, 5.41) is 20.5. The molecule has 1 fully saturated rings. The highest BCUT2D eigenvalue weighted by Gasteiger charge is 2.68. The average molecular weight is 617 g/mol. The maximum absolute atomic E-state index is 13.4. The van der Waals surface area contributed by atoms with Gasteiger partial charge >= 0.3 is 18.0 Å². The first-order chi connectivity index (χ1) is 19.7. The Labute approximate surface area is 236 Å². The zero-order valence-corrected chi connectivity index (χ0v) is 21.8. The molecule has 1 aliphatic rings. The number of aliphatic hydroxyl groups is 1. The Balaban J connectivity index is 1.43. The van der Waals surface area contributed by atoms with Crippen LogP contribution < -0.4 is 11.0 Å². The van der Waals surface area contributed by atoms with E-state index in [1.807, 2.05) is 0 Å². The van der Waals surface area contributed by atoms with Crippen molar-refractivity contribution in [3.05, 3.63) is 70.4 Å². The van der Waals surface area contributed by atoms with Crippen molar-refractivity contribution in [2.24, 2.45) is 5.41 Å². The molecule has 0 bridgehead atoms. The van der Waals surface area contributed by atoms with Crippen molar-refractivity contribution in [2.45, 2.75) is 44.4 Å². The number of halogens is 7. The maximum atomic E-state index is 13.4. The van der Waals surface area contributed by atoms with E-state index >= 15 is 0 Å². The number of alkyl halides is 6. The molecule has 0 saturated heterocycles. The smallest absolute Gasteiger partial charge is 0.382 e. The van der Waals surface area contributed by atoms with E-state index in [0.717, 1.165) is 15.7 Å². The molecule has 0 spiro atoms. The summed E-state index contributed by atoms with van der Waals surface area (Å²) in [5.74, 6) is -1.47. The second-order valence-corrected chi connectivity index (χ2v) is 9.91. The van der Waals surface area contributed by atoms with Crippen molar-refractivity contribution >= 4 is 23.2 Å². The Hall–Kier alpha value is -4.25. The van der Waals surface area contributed by atoms with Gasteiger partial charge < -0.3 is 10.4 Å². The molecule has 3 aromatic heterocycles. The molecule has 0 radical (unpaired) electrons. The van der Waals surface area contributed by atoms with E-state index in [9.17, 15) is 41.0 Å². The summed E-state index contributed by atoms with van der Waals surface area (Å²) in [6.45, 7) is -1.57. The number of pyridine rings is 1. The van der Waals surface area contributed by atoms with E-state index in [2.05, 4.69) is 25.5 Å². The molecule has 1 saturated carbocycles. The first-order valence-electron chi connectivity index (χ1n) is 12.1. The van der Waals surface area contributed by atoms with Crippen LogP contribution in [0.2, 0.25) is 5.02 Å². The third-order valence-corrected chi connectivity index (χ3v) is 6.86. The number of carbonyl (C=O) groups excluding carboxylic acids is 1. The van der Waals surface area contributed by atoms with Crippen LogP contribution in [-0.2, 0) is 17.9 Å². The summed E-state index contributed by atoms with van der Waals surface area (Å²) in [7, 11) is 0. The molecule has 1 amide bonds. The van der Waals surface area contributed by atoms with Crippen molar-refractivity contribution < 1.29 is 36.2 Å². The number of rotatable bonds is 8. The van der Waals surface area contributed by atoms with Crippen LogP contribution in [0, 0.1) is 5.41 Å². The van der Waals surface area contributed by atoms with Crippen molar-refractivity contribution in [3.8, 4) is 17.1 Å². The van der Waals surface area contributed by atoms with Crippen LogP contribution in [0.15, 0.2) is 53.8 Å². The zero-order chi connectivity index (χ0) is 30.4. The minimum absolute atomic E-state index is 0.0328. The average Bonchev–Trinajstić information content (AvgIpc) is 3.55. The van der Waals surface area contributed by atoms with Crippen molar-refractivity contribution in [1.82, 2.24) is 34.1 Å². The van der Waals surface area contributed by atoms with Gasteiger partial charge in [0.15, 0.2) is 17.8 Å². The minimum atomic E-state index is -5.00. The summed E-state index contributed by atoms with van der Waals surface area (Å²) in [5.41, 5.74) is -3.20. The van der Waals surface area contributed by atoms with E-state index < -0.39 is 48.6 Å². The van der Waals surface area contributed by atoms with E-state index in [1.54, 1.807) is 0 Å². The van der Waals surface area contributed by atoms with Gasteiger partial charge in [-0.2, -0.15) is 26.3 Å². The van der Waals surface area contributed by atoms with Gasteiger partial charge in [-0.25, -0.2) is 19.1 Å². The van der Waals surface area contributed by atoms with E-state index in [1.165, 1.54) is 42.7 Å². The number of hydrogen-bond donors (Lipinski definition) is 2. The molecule has 3 heterocycles. The standard InChI is InChI=1S/C24H19ClF6N8O3/c25-14-3-1-13(2-4-14)19-36-38(21(42)37(19)10-17(40)23(26,27)28)11-18-33-12-39(35-18)16-9-32-8-5-15(16)34-20(41)22(6-7-22)24(29,30)31/h1-5,8-9,12,17,40H,6-7,10-11H2,(H,32,34,41). The fourth-order valence-electron chi connectivity index (χ4n) is 4.10. The van der Waals surface area contributed by atoms with Gasteiger partial charge in [0.2, 0.25) is 5.91 Å². The largest absolute Gasteiger partial charge is 0.416 e. The van der Waals surface area contributed by atoms with Crippen LogP contribution in [0.3, 0.4) is 0 Å². The van der Waals surface area contributed by atoms with Gasteiger partial charge in [0.05, 0.1) is 18.4 Å². The predicted molar refractivity (Wildman–Crippen MR) is 134 cm³/mol. The maximum Gasteiger partial charge on any atom is 0.416 e. The highest BCUT2D eigenvalue weighted by molar-refractivity contribution is 6.30. The second kappa shape index (κ2) is 10.5. The number of aromatic nitrogens is 7. The first kappa shape index (κ1) is 29.2. The Morgan fingerprint density at radius 3 is 2.40 bits per heavy atom. The second-order valence-electron chi connectivity index (χ2n) is 9.47. The zero-order valence-electron chi connectivity index (χ0n) is 21.1. The minimum Gasteiger partial charge on any atom is -0.382 e. The van der Waals surface area contributed by atoms with Gasteiger partial charge in [-0.3, -0.25) is 14.3 Å². The molecule has 1 aliphatic carbocycles. The predicted octanol–water partition coefficient (Wildman–Crippen LogP) is 3.59. The molecular formula is C24H19ClF6N8O3. The number of carbonyl (C=O) groups is 1. The molecule has 2 N–H and O–H groups in total. The van der Waals surface area contributed by atoms with E-state index in [-0.39, 0.29) is 41.4 Å². The van der Waals surface area contributed by atoms with E-state index in [4.69, 9.17) is 11.6 Å². The normalized spacial score (nSPS) is 15.4. The third-order valence-electron chi connectivity index (χ3n) is 6.61. The molecule has 42 heavy (non-hydrogen) atoms. The van der Waals surface area contributed by atoms with Gasteiger partial charge in [-0.15, -0.1) is 10.2 Å². The Bertz CT molecular complexity index is 1670. The number of aliphatic hydroxyl groups excluding tert-OH is 1. The lowest BCUT2D eigenvalue weighted by Crippen LogP contribution is -2.37. The molecule has 4 aromatic rings. The lowest BCUT2D eigenvalue weighted by molar-refractivity contribution is -0.207. The number of anilines is 1. The van der Waals surface area contributed by atoms with Crippen LogP contribution in [0.4, 0.5) is 32.0 Å². The van der Waals surface area contributed by atoms with Crippen LogP contribution >= 0.6 is 11.6 Å². The van der Waals surface area contributed by atoms with Crippen molar-refractivity contribution in [1.29, 1.82) is 0 Å². The lowest BCUT2D eigenvalue weighted by Gasteiger charge is -2.19. The van der Waals surface area contributed by atoms with E-state index in [0.29, 0.717) is 9.59 Å². The quantitative estimate of drug-likeness (QED) is 0.289. The highest BCUT2D eigenvalue weighted by Crippen LogP contribution is 2.58. The van der Waals surface area contributed by atoms with Crippen LogP contribution in [0.1, 0.15) is 18.7 Å². The summed E-state index contributed by atoms with van der Waals surface area (Å²) in [4.78, 5) is 33.5. The molecule has 1 unspecified atom stereocenters. The summed E-state index contributed by atoms with van der Waals surface area (Å²) in [6, 6.07) is 7.02. The van der Waals surface area contributed by atoms with Gasteiger partial charge in [0.25, 0.3) is 0 Å². The Kier molecular flexibility index (Phi) is 7.34. The molecule has 1 atom stereocenters. The number of hydrogen-bond acceptors (Lipinski definition) is 7. The molecule has 18 heteroatoms. The number of nitrogens with zero attached hydrogens (tertiary/aromatic N) is 7. The number of nitrogens with one attached hydrogen (secondary N) is 1. The lowest BCUT2D eigenvalue weighted by atomic mass is 10.1. The van der Waals surface area contributed by atoms with Crippen LogP contribution in [0.5, 0.6) is 0 Å². The topological polar surface area (TPSA) is 133 Å². The van der Waals surface area contributed by atoms with Gasteiger partial charge in [0, 0.05) is 16.8 Å². The van der Waals surface area contributed by atoms with Gasteiger partial charge in [0.1, 0.15) is 24.0 Å². The van der Waals surface area contributed by atoms with Crippen LogP contribution in [-0.4, -0.2) is 63.6 Å². The number of benzene rings is 1. The highest BCUT2D eigenvalue weighted by atomic mass is 35.5. The molecular weight excluding hydrogens is 598 g/mol. The monoisotopic (exact) mass is 616 g/mol. The summed E-state index contributed by atoms with van der Waals surface area (Å²) >= 11 is 5.88. The van der Waals surface area contributed by atoms with Crippen molar-refractivity contribution in [2.75, 3.05) is 5.32 Å². The van der Waals surface area contributed by atoms with Gasteiger partial charge in [-0.1, -0.05) is 11.6 Å². The van der Waals surface area contributed by atoms with Crippen molar-refractivity contribution in [3.63, 3.8) is 0 Å². The Morgan fingerprint density at radius 1 is 1.10 bits per heavy atom. The summed E-state index contributed by atoms with van der Waals surface area (Å²) in [6.07, 6.45) is -9.64. The first-order valence-corrected chi connectivity index (χ1v) is 12.5. The SMILES string of the molecule is O=C(Nc1ccncc1-n1cnc(Cn2nc(-c3ccc(Cl)cc3)n(CC(O)C(F)(F)F)c2=O)n1)C1(C(F)(F)F)CC1. The fraction of sp³-hybridized carbons (Fsp3) is 0.333. The van der Waals surface area contributed by atoms with Crippen LogP contribution in [0.25, 0.3) is 17.1 Å². The molecule has 222 valence electrons. The third kappa shape index (κ3) is 5.61. The molecule has 5 rings (SSSR count). The molecule has 0 aliphatic heterocycles. The number of amides is 1.